The van der Waals surface area contributed by atoms with Gasteiger partial charge in [0.25, 0.3) is 5.56 Å². The molecule has 4 rings (SSSR count). The van der Waals surface area contributed by atoms with Crippen molar-refractivity contribution in [3.63, 3.8) is 0 Å². The molecule has 38 heavy (non-hydrogen) atoms. The predicted octanol–water partition coefficient (Wildman–Crippen LogP) is 4.21. The Bertz CT molecular complexity index is 1360. The van der Waals surface area contributed by atoms with Crippen LogP contribution in [0.2, 0.25) is 0 Å². The minimum atomic E-state index is -1.02. The number of amides is 1. The van der Waals surface area contributed by atoms with Crippen molar-refractivity contribution in [3.05, 3.63) is 56.8 Å². The number of ether oxygens (including phenoxy) is 1. The topological polar surface area (TPSA) is 125 Å². The fourth-order valence-corrected chi connectivity index (χ4v) is 4.97. The fraction of sp³-hybridized carbons (Fsp3) is 0.571. The number of likely N-dealkylation sites (tertiary alicyclic amines) is 1. The largest absolute Gasteiger partial charge is 0.444 e. The van der Waals surface area contributed by atoms with Gasteiger partial charge in [0.05, 0.1) is 6.20 Å². The molecule has 1 unspecified atom stereocenters. The molecule has 10 heteroatoms. The Hall–Kier alpha value is -3.24. The van der Waals surface area contributed by atoms with E-state index in [9.17, 15) is 14.7 Å². The zero-order valence-corrected chi connectivity index (χ0v) is 23.5. The number of pyridine rings is 2. The molecule has 1 aliphatic rings. The molecule has 0 bridgehead atoms. The molecule has 206 valence electrons. The van der Waals surface area contributed by atoms with Gasteiger partial charge in [0.2, 0.25) is 0 Å². The number of hydrogen-bond acceptors (Lipinski definition) is 7. The van der Waals surface area contributed by atoms with E-state index in [1.807, 2.05) is 65.3 Å². The average Bonchev–Trinajstić information content (AvgIpc) is 3.26. The average molecular weight is 525 g/mol. The molecule has 1 fully saturated rings. The van der Waals surface area contributed by atoms with Crippen LogP contribution in [-0.4, -0.2) is 54.5 Å². The number of aliphatic hydroxyl groups excluding tert-OH is 1. The van der Waals surface area contributed by atoms with Crippen LogP contribution in [0.5, 0.6) is 0 Å². The highest BCUT2D eigenvalue weighted by Gasteiger charge is 2.29. The molecular weight excluding hydrogens is 484 g/mol. The van der Waals surface area contributed by atoms with Crippen molar-refractivity contribution < 1.29 is 14.6 Å². The number of piperidine rings is 1. The number of H-pyrrole nitrogens is 1. The van der Waals surface area contributed by atoms with Crippen LogP contribution in [0.3, 0.4) is 0 Å². The van der Waals surface area contributed by atoms with Crippen LogP contribution in [0.25, 0.3) is 11.0 Å². The number of nitrogens with zero attached hydrogens (tertiary/aromatic N) is 4. The second kappa shape index (κ2) is 10.9. The summed E-state index contributed by atoms with van der Waals surface area (Å²) in [6, 6.07) is 3.95. The van der Waals surface area contributed by atoms with Crippen molar-refractivity contribution in [1.82, 2.24) is 30.0 Å². The van der Waals surface area contributed by atoms with Gasteiger partial charge in [-0.05, 0) is 79.0 Å². The van der Waals surface area contributed by atoms with E-state index in [1.165, 1.54) is 0 Å². The minimum Gasteiger partial charge on any atom is -0.444 e. The molecule has 3 aromatic heterocycles. The summed E-state index contributed by atoms with van der Waals surface area (Å²) < 4.78 is 7.40. The van der Waals surface area contributed by atoms with Gasteiger partial charge in [-0.2, -0.15) is 5.10 Å². The smallest absolute Gasteiger partial charge is 0.410 e. The van der Waals surface area contributed by atoms with Gasteiger partial charge in [0.1, 0.15) is 11.8 Å². The van der Waals surface area contributed by atoms with E-state index >= 15 is 0 Å². The predicted molar refractivity (Wildman–Crippen MR) is 146 cm³/mol. The minimum absolute atomic E-state index is 0.0935. The van der Waals surface area contributed by atoms with Gasteiger partial charge >= 0.3 is 6.09 Å². The normalized spacial score (nSPS) is 15.9. The molecule has 0 spiro atoms. The number of aromatic nitrogens is 4. The molecular formula is C28H40N6O4. The summed E-state index contributed by atoms with van der Waals surface area (Å²) in [6.45, 7) is 14.8. The number of aromatic amines is 1. The summed E-state index contributed by atoms with van der Waals surface area (Å²) >= 11 is 0. The summed E-state index contributed by atoms with van der Waals surface area (Å²) in [5, 5.41) is 19.7. The standard InChI is InChI=1S/C28H40N6O4/c1-16(2)34-24-22(15-30-34)20(25(35)29-14-21-17(3)12-18(4)31-26(21)36)13-23(32-24)19-8-10-33(11-9-19)27(37)38-28(5,6)7/h12-13,15-16,19,25,29,35H,8-11,14H2,1-7H3,(H,31,36). The van der Waals surface area contributed by atoms with Gasteiger partial charge in [-0.3, -0.25) is 10.1 Å². The second-order valence-corrected chi connectivity index (χ2v) is 11.5. The molecule has 1 saturated heterocycles. The number of nitrogens with one attached hydrogen (secondary N) is 2. The molecule has 3 aromatic rings. The Balaban J connectivity index is 1.59. The van der Waals surface area contributed by atoms with E-state index < -0.39 is 11.8 Å². The maximum absolute atomic E-state index is 12.5. The maximum atomic E-state index is 12.5. The molecule has 10 nitrogen and oxygen atoms in total. The summed E-state index contributed by atoms with van der Waals surface area (Å²) in [5.74, 6) is 0.127. The second-order valence-electron chi connectivity index (χ2n) is 11.5. The number of rotatable bonds is 6. The highest BCUT2D eigenvalue weighted by atomic mass is 16.6. The highest BCUT2D eigenvalue weighted by Crippen LogP contribution is 2.33. The van der Waals surface area contributed by atoms with Crippen molar-refractivity contribution in [1.29, 1.82) is 0 Å². The first kappa shape index (κ1) is 27.8. The number of fused-ring (bicyclic) bond motifs is 1. The number of carbonyl (C=O) groups excluding carboxylic acids is 1. The van der Waals surface area contributed by atoms with Crippen molar-refractivity contribution in [3.8, 4) is 0 Å². The number of aryl methyl sites for hydroxylation is 2. The lowest BCUT2D eigenvalue weighted by Gasteiger charge is -2.33. The van der Waals surface area contributed by atoms with Crippen molar-refractivity contribution in [2.45, 2.75) is 91.6 Å². The van der Waals surface area contributed by atoms with Crippen LogP contribution < -0.4 is 10.9 Å². The Morgan fingerprint density at radius 1 is 1.24 bits per heavy atom. The first-order valence-corrected chi connectivity index (χ1v) is 13.3. The van der Waals surface area contributed by atoms with Gasteiger partial charge in [-0.25, -0.2) is 14.5 Å². The van der Waals surface area contributed by atoms with Crippen LogP contribution in [0.4, 0.5) is 4.79 Å². The molecule has 1 aliphatic heterocycles. The molecule has 0 radical (unpaired) electrons. The van der Waals surface area contributed by atoms with Crippen molar-refractivity contribution in [2.75, 3.05) is 13.1 Å². The van der Waals surface area contributed by atoms with Crippen LogP contribution in [-0.2, 0) is 11.3 Å². The lowest BCUT2D eigenvalue weighted by atomic mass is 9.92. The van der Waals surface area contributed by atoms with Gasteiger partial charge in [-0.15, -0.1) is 0 Å². The van der Waals surface area contributed by atoms with Crippen LogP contribution in [0.1, 0.15) is 93.7 Å². The highest BCUT2D eigenvalue weighted by molar-refractivity contribution is 5.79. The van der Waals surface area contributed by atoms with E-state index in [0.29, 0.717) is 29.9 Å². The van der Waals surface area contributed by atoms with E-state index in [2.05, 4.69) is 15.4 Å². The molecule has 0 aromatic carbocycles. The van der Waals surface area contributed by atoms with Gasteiger partial charge in [0.15, 0.2) is 5.65 Å². The van der Waals surface area contributed by atoms with Crippen LogP contribution in [0.15, 0.2) is 23.1 Å². The zero-order valence-electron chi connectivity index (χ0n) is 23.5. The monoisotopic (exact) mass is 524 g/mol. The summed E-state index contributed by atoms with van der Waals surface area (Å²) in [7, 11) is 0. The molecule has 3 N–H and O–H groups in total. The van der Waals surface area contributed by atoms with E-state index in [4.69, 9.17) is 9.72 Å². The number of carbonyl (C=O) groups is 1. The first-order chi connectivity index (χ1) is 17.8. The third kappa shape index (κ3) is 6.07. The third-order valence-electron chi connectivity index (χ3n) is 6.93. The van der Waals surface area contributed by atoms with Gasteiger partial charge in [-0.1, -0.05) is 0 Å². The Kier molecular flexibility index (Phi) is 7.94. The molecule has 1 atom stereocenters. The summed E-state index contributed by atoms with van der Waals surface area (Å²) in [4.78, 5) is 34.6. The Labute approximate surface area is 223 Å². The zero-order chi connectivity index (χ0) is 27.8. The molecule has 0 saturated carbocycles. The lowest BCUT2D eigenvalue weighted by molar-refractivity contribution is 0.0204. The van der Waals surface area contributed by atoms with Gasteiger partial charge < -0.3 is 19.7 Å². The van der Waals surface area contributed by atoms with E-state index in [-0.39, 0.29) is 30.2 Å². The maximum Gasteiger partial charge on any atom is 0.410 e. The van der Waals surface area contributed by atoms with Crippen LogP contribution in [0, 0.1) is 13.8 Å². The summed E-state index contributed by atoms with van der Waals surface area (Å²) in [5.41, 5.74) is 3.83. The first-order valence-electron chi connectivity index (χ1n) is 13.3. The molecule has 1 amide bonds. The third-order valence-corrected chi connectivity index (χ3v) is 6.93. The van der Waals surface area contributed by atoms with E-state index in [1.54, 1.807) is 11.1 Å². The number of aliphatic hydroxyl groups is 1. The Morgan fingerprint density at radius 3 is 2.53 bits per heavy atom. The summed E-state index contributed by atoms with van der Waals surface area (Å²) in [6.07, 6.45) is 1.91. The SMILES string of the molecule is Cc1cc(C)c(CNC(O)c2cc(C3CCN(C(=O)OC(C)(C)C)CC3)nc3c2cnn3C(C)C)c(=O)[nH]1. The Morgan fingerprint density at radius 2 is 1.92 bits per heavy atom. The van der Waals surface area contributed by atoms with Gasteiger partial charge in [0, 0.05) is 59.5 Å². The van der Waals surface area contributed by atoms with E-state index in [0.717, 1.165) is 35.2 Å². The molecule has 4 heterocycles. The fourth-order valence-electron chi connectivity index (χ4n) is 4.97. The van der Waals surface area contributed by atoms with Crippen molar-refractivity contribution >= 4 is 17.1 Å². The van der Waals surface area contributed by atoms with Crippen molar-refractivity contribution in [2.24, 2.45) is 0 Å². The number of hydrogen-bond donors (Lipinski definition) is 3. The lowest BCUT2D eigenvalue weighted by Crippen LogP contribution is -2.41. The van der Waals surface area contributed by atoms with Crippen LogP contribution >= 0.6 is 0 Å². The molecule has 0 aliphatic carbocycles. The quantitative estimate of drug-likeness (QED) is 0.413.